The molecule has 0 aliphatic heterocycles. The highest BCUT2D eigenvalue weighted by Gasteiger charge is 2.25. The van der Waals surface area contributed by atoms with E-state index in [0.29, 0.717) is 11.5 Å². The fourth-order valence-electron chi connectivity index (χ4n) is 7.54. The minimum atomic E-state index is 0.630. The number of aromatic nitrogens is 3. The second-order valence-corrected chi connectivity index (χ2v) is 13.2. The molecule has 7 aromatic carbocycles. The molecule has 0 aliphatic rings. The molecule has 0 saturated carbocycles. The van der Waals surface area contributed by atoms with Crippen molar-refractivity contribution >= 4 is 96.9 Å². The van der Waals surface area contributed by atoms with Gasteiger partial charge in [0.25, 0.3) is 0 Å². The van der Waals surface area contributed by atoms with Crippen molar-refractivity contribution in [2.75, 3.05) is 0 Å². The third kappa shape index (κ3) is 3.41. The first kappa shape index (κ1) is 25.2. The maximum Gasteiger partial charge on any atom is 0.236 e. The average molecular weight is 618 g/mol. The number of benzene rings is 7. The Kier molecular flexibility index (Phi) is 4.96. The van der Waals surface area contributed by atoms with E-state index in [1.165, 1.54) is 47.1 Å². The van der Waals surface area contributed by atoms with E-state index in [0.717, 1.165) is 44.2 Å². The molecule has 0 N–H and O–H groups in total. The third-order valence-electron chi connectivity index (χ3n) is 9.58. The van der Waals surface area contributed by atoms with Crippen molar-refractivity contribution in [3.8, 4) is 17.2 Å². The highest BCUT2D eigenvalue weighted by atomic mass is 32.1. The Morgan fingerprint density at radius 1 is 0.553 bits per heavy atom. The normalized spacial score (nSPS) is 12.3. The van der Waals surface area contributed by atoms with Gasteiger partial charge in [0.05, 0.1) is 11.0 Å². The van der Waals surface area contributed by atoms with Gasteiger partial charge in [-0.25, -0.2) is 9.97 Å². The number of rotatable bonds is 2. The van der Waals surface area contributed by atoms with Gasteiger partial charge < -0.3 is 4.42 Å². The van der Waals surface area contributed by atoms with Crippen molar-refractivity contribution < 1.29 is 4.42 Å². The topological polar surface area (TPSA) is 43.9 Å². The first-order valence-electron chi connectivity index (χ1n) is 15.8. The minimum Gasteiger partial charge on any atom is -0.452 e. The Balaban J connectivity index is 1.37. The van der Waals surface area contributed by atoms with Crippen LogP contribution < -0.4 is 0 Å². The first-order chi connectivity index (χ1) is 23.3. The van der Waals surface area contributed by atoms with Crippen LogP contribution in [0.1, 0.15) is 0 Å². The Labute approximate surface area is 271 Å². The van der Waals surface area contributed by atoms with E-state index < -0.39 is 0 Å². The molecule has 0 aliphatic carbocycles. The quantitative estimate of drug-likeness (QED) is 0.194. The van der Waals surface area contributed by atoms with E-state index in [-0.39, 0.29) is 0 Å². The van der Waals surface area contributed by atoms with Crippen molar-refractivity contribution in [1.29, 1.82) is 0 Å². The van der Waals surface area contributed by atoms with Crippen LogP contribution in [-0.2, 0) is 0 Å². The minimum absolute atomic E-state index is 0.630. The maximum atomic E-state index is 6.54. The van der Waals surface area contributed by atoms with Crippen molar-refractivity contribution in [2.45, 2.75) is 0 Å². The molecule has 0 atom stereocenters. The molecule has 4 nitrogen and oxygen atoms in total. The Hall–Kier alpha value is -6.04. The van der Waals surface area contributed by atoms with Crippen LogP contribution in [0.2, 0.25) is 0 Å². The summed E-state index contributed by atoms with van der Waals surface area (Å²) in [7, 11) is 0. The molecule has 0 unspecified atom stereocenters. The van der Waals surface area contributed by atoms with E-state index in [2.05, 4.69) is 126 Å². The van der Waals surface area contributed by atoms with Gasteiger partial charge in [-0.05, 0) is 46.5 Å². The summed E-state index contributed by atoms with van der Waals surface area (Å²) in [6.45, 7) is 0. The van der Waals surface area contributed by atoms with E-state index in [1.54, 1.807) is 0 Å². The van der Waals surface area contributed by atoms with Crippen LogP contribution >= 0.6 is 11.3 Å². The summed E-state index contributed by atoms with van der Waals surface area (Å²) in [5.41, 5.74) is 6.30. The van der Waals surface area contributed by atoms with Crippen LogP contribution in [0, 0.1) is 0 Å². The van der Waals surface area contributed by atoms with Gasteiger partial charge in [0, 0.05) is 47.3 Å². The molecule has 0 fully saturated rings. The molecule has 0 spiro atoms. The average Bonchev–Trinajstić information content (AvgIpc) is 3.81. The zero-order valence-corrected chi connectivity index (χ0v) is 25.8. The summed E-state index contributed by atoms with van der Waals surface area (Å²) in [5.74, 6) is 0.630. The number of hydrogen-bond acceptors (Lipinski definition) is 4. The third-order valence-corrected chi connectivity index (χ3v) is 10.8. The number of para-hydroxylation sites is 2. The Morgan fingerprint density at radius 3 is 2.15 bits per heavy atom. The second-order valence-electron chi connectivity index (χ2n) is 12.1. The molecule has 47 heavy (non-hydrogen) atoms. The highest BCUT2D eigenvalue weighted by Crippen LogP contribution is 2.48. The zero-order valence-electron chi connectivity index (χ0n) is 24.9. The van der Waals surface area contributed by atoms with Gasteiger partial charge in [-0.1, -0.05) is 109 Å². The van der Waals surface area contributed by atoms with Gasteiger partial charge in [0.2, 0.25) is 5.95 Å². The molecule has 11 aromatic rings. The van der Waals surface area contributed by atoms with Crippen LogP contribution in [0.5, 0.6) is 0 Å². The Morgan fingerprint density at radius 2 is 1.26 bits per heavy atom. The lowest BCUT2D eigenvalue weighted by Gasteiger charge is -2.11. The molecule has 0 radical (unpaired) electrons. The lowest BCUT2D eigenvalue weighted by Crippen LogP contribution is -2.03. The van der Waals surface area contributed by atoms with Crippen LogP contribution in [-0.4, -0.2) is 14.5 Å². The smallest absolute Gasteiger partial charge is 0.236 e. The summed E-state index contributed by atoms with van der Waals surface area (Å²) >= 11 is 1.86. The van der Waals surface area contributed by atoms with Crippen molar-refractivity contribution in [3.63, 3.8) is 0 Å². The lowest BCUT2D eigenvalue weighted by atomic mass is 10.00. The summed E-state index contributed by atoms with van der Waals surface area (Å²) < 4.78 is 11.4. The molecule has 4 heterocycles. The van der Waals surface area contributed by atoms with Gasteiger partial charge in [0.1, 0.15) is 16.8 Å². The Bertz CT molecular complexity index is 3090. The number of fused-ring (bicyclic) bond motifs is 14. The van der Waals surface area contributed by atoms with Crippen molar-refractivity contribution in [1.82, 2.24) is 14.5 Å². The molecule has 4 aromatic heterocycles. The van der Waals surface area contributed by atoms with Gasteiger partial charge in [0.15, 0.2) is 5.58 Å². The standard InChI is InChI=1S/C42H23N3OS/c1-2-12-25-23-26(22-21-24(25)11-1)37-40-38(30-16-6-9-19-33(30)46-40)44-42(43-37)45-32-18-8-5-15-29(32)35-27-13-3-4-14-28(27)41-36(39(35)45)31-17-7-10-20-34(31)47-41/h1-23H. The van der Waals surface area contributed by atoms with Crippen LogP contribution in [0.3, 0.4) is 0 Å². The first-order valence-corrected chi connectivity index (χ1v) is 16.6. The van der Waals surface area contributed by atoms with Gasteiger partial charge in [-0.15, -0.1) is 11.3 Å². The number of nitrogens with zero attached hydrogens (tertiary/aromatic N) is 3. The van der Waals surface area contributed by atoms with E-state index in [9.17, 15) is 0 Å². The van der Waals surface area contributed by atoms with Gasteiger partial charge >= 0.3 is 0 Å². The molecule has 0 bridgehead atoms. The van der Waals surface area contributed by atoms with Crippen molar-refractivity contribution in [3.05, 3.63) is 140 Å². The second kappa shape index (κ2) is 9.25. The van der Waals surface area contributed by atoms with E-state index >= 15 is 0 Å². The van der Waals surface area contributed by atoms with Gasteiger partial charge in [-0.2, -0.15) is 0 Å². The predicted molar refractivity (Wildman–Crippen MR) is 197 cm³/mol. The molecule has 0 saturated heterocycles. The summed E-state index contributed by atoms with van der Waals surface area (Å²) in [4.78, 5) is 10.8. The predicted octanol–water partition coefficient (Wildman–Crippen LogP) is 11.8. The largest absolute Gasteiger partial charge is 0.452 e. The van der Waals surface area contributed by atoms with Crippen LogP contribution in [0.25, 0.3) is 103 Å². The summed E-state index contributed by atoms with van der Waals surface area (Å²) in [5, 5.41) is 10.7. The summed E-state index contributed by atoms with van der Waals surface area (Å²) in [6.07, 6.45) is 0. The van der Waals surface area contributed by atoms with Gasteiger partial charge in [-0.3, -0.25) is 4.57 Å². The highest BCUT2D eigenvalue weighted by molar-refractivity contribution is 7.27. The molecule has 11 rings (SSSR count). The monoisotopic (exact) mass is 617 g/mol. The number of furan rings is 1. The van der Waals surface area contributed by atoms with Crippen LogP contribution in [0.4, 0.5) is 0 Å². The fraction of sp³-hybridized carbons (Fsp3) is 0. The van der Waals surface area contributed by atoms with E-state index in [1.807, 2.05) is 29.5 Å². The molecule has 218 valence electrons. The zero-order chi connectivity index (χ0) is 30.6. The molecular weight excluding hydrogens is 595 g/mol. The number of hydrogen-bond donors (Lipinski definition) is 0. The van der Waals surface area contributed by atoms with E-state index in [4.69, 9.17) is 14.4 Å². The molecule has 0 amide bonds. The number of thiophene rings is 1. The summed E-state index contributed by atoms with van der Waals surface area (Å²) in [6, 6.07) is 49.3. The SMILES string of the molecule is c1ccc2cc(-c3nc(-n4c5ccccc5c5c6ccccc6c6sc7ccccc7c6c54)nc4c3oc3ccccc34)ccc2c1. The van der Waals surface area contributed by atoms with Crippen molar-refractivity contribution in [2.24, 2.45) is 0 Å². The fourth-order valence-corrected chi connectivity index (χ4v) is 8.78. The lowest BCUT2D eigenvalue weighted by molar-refractivity contribution is 0.666. The molecule has 5 heteroatoms. The van der Waals surface area contributed by atoms with Crippen LogP contribution in [0.15, 0.2) is 144 Å². The maximum absolute atomic E-state index is 6.54. The molecular formula is C42H23N3OS.